The minimum absolute atomic E-state index is 0.393. The number of hydrogen-bond acceptors (Lipinski definition) is 4. The third-order valence-electron chi connectivity index (χ3n) is 3.76. The van der Waals surface area contributed by atoms with Crippen molar-refractivity contribution in [1.82, 2.24) is 4.98 Å². The fourth-order valence-corrected chi connectivity index (χ4v) is 2.68. The Bertz CT molecular complexity index is 534. The van der Waals surface area contributed by atoms with Crippen LogP contribution in [0.25, 0.3) is 0 Å². The highest BCUT2D eigenvalue weighted by molar-refractivity contribution is 7.83. The summed E-state index contributed by atoms with van der Waals surface area (Å²) in [4.78, 5) is 4.45. The Hall–Kier alpha value is -0.425. The molecule has 110 valence electrons. The Balaban J connectivity index is 2.32. The molecule has 1 atom stereocenters. The average molecular weight is 316 g/mol. The van der Waals surface area contributed by atoms with Crippen LogP contribution in [-0.4, -0.2) is 33.8 Å². The molecule has 1 aliphatic rings. The second-order valence-corrected chi connectivity index (χ2v) is 7.82. The first-order chi connectivity index (χ1) is 9.12. The highest BCUT2D eigenvalue weighted by Crippen LogP contribution is 2.36. The minimum Gasteiger partial charge on any atom is -0.398 e. The molecule has 1 unspecified atom stereocenters. The summed E-state index contributed by atoms with van der Waals surface area (Å²) in [5.74, 6) is 0.393. The van der Waals surface area contributed by atoms with E-state index in [0.717, 1.165) is 5.69 Å². The molecule has 0 radical (unpaired) electrons. The van der Waals surface area contributed by atoms with E-state index in [1.807, 2.05) is 27.7 Å². The van der Waals surface area contributed by atoms with Gasteiger partial charge in [-0.05, 0) is 39.8 Å². The smallest absolute Gasteiger partial charge is 0.398 e. The van der Waals surface area contributed by atoms with E-state index in [1.54, 1.807) is 18.4 Å². The third-order valence-corrected chi connectivity index (χ3v) is 4.78. The van der Waals surface area contributed by atoms with Crippen molar-refractivity contribution in [1.29, 1.82) is 0 Å². The molecule has 1 aromatic rings. The molecule has 0 N–H and O–H groups in total. The molecule has 0 saturated carbocycles. The topological polar surface area (TPSA) is 48.4 Å². The molecule has 0 aromatic carbocycles. The van der Waals surface area contributed by atoms with Crippen LogP contribution in [0.1, 0.15) is 33.4 Å². The second kappa shape index (κ2) is 5.41. The van der Waals surface area contributed by atoms with E-state index in [2.05, 4.69) is 4.98 Å². The molecule has 0 spiro atoms. The highest BCUT2D eigenvalue weighted by Gasteiger charge is 2.52. The van der Waals surface area contributed by atoms with Crippen molar-refractivity contribution in [2.24, 2.45) is 0 Å². The number of pyridine rings is 1. The van der Waals surface area contributed by atoms with Crippen LogP contribution < -0.4 is 5.59 Å². The van der Waals surface area contributed by atoms with Gasteiger partial charge in [0.2, 0.25) is 0 Å². The normalized spacial score (nSPS) is 22.0. The predicted molar refractivity (Wildman–Crippen MR) is 82.7 cm³/mol. The zero-order valence-electron chi connectivity index (χ0n) is 12.4. The van der Waals surface area contributed by atoms with Gasteiger partial charge in [0.1, 0.15) is 0 Å². The summed E-state index contributed by atoms with van der Waals surface area (Å²) in [5, 5.41) is 0.495. The van der Waals surface area contributed by atoms with Gasteiger partial charge in [0, 0.05) is 17.1 Å². The molecule has 1 aromatic heterocycles. The monoisotopic (exact) mass is 315 g/mol. The Kier molecular flexibility index (Phi) is 4.31. The molecular weight excluding hydrogens is 296 g/mol. The van der Waals surface area contributed by atoms with Gasteiger partial charge in [0.25, 0.3) is 0 Å². The third kappa shape index (κ3) is 3.08. The summed E-state index contributed by atoms with van der Waals surface area (Å²) >= 11 is 6.20. The van der Waals surface area contributed by atoms with Crippen molar-refractivity contribution in [2.75, 3.05) is 6.26 Å². The Morgan fingerprint density at radius 2 is 1.80 bits per heavy atom. The van der Waals surface area contributed by atoms with Crippen LogP contribution in [0.5, 0.6) is 0 Å². The van der Waals surface area contributed by atoms with E-state index in [4.69, 9.17) is 20.9 Å². The highest BCUT2D eigenvalue weighted by atomic mass is 35.5. The SMILES string of the molecule is CS(=O)Cc1ccc(Cl)c(B2OC(C)(C)C(C)(C)O2)n1. The summed E-state index contributed by atoms with van der Waals surface area (Å²) < 4.78 is 23.2. The first kappa shape index (κ1) is 16.0. The fraction of sp³-hybridized carbons (Fsp3) is 0.615. The van der Waals surface area contributed by atoms with Gasteiger partial charge in [0.15, 0.2) is 0 Å². The van der Waals surface area contributed by atoms with E-state index < -0.39 is 29.1 Å². The van der Waals surface area contributed by atoms with Gasteiger partial charge in [-0.1, -0.05) is 11.6 Å². The first-order valence-corrected chi connectivity index (χ1v) is 8.54. The molecular formula is C13H19BClNO3S. The number of rotatable bonds is 3. The maximum absolute atomic E-state index is 11.3. The largest absolute Gasteiger partial charge is 0.516 e. The zero-order valence-corrected chi connectivity index (χ0v) is 14.0. The Morgan fingerprint density at radius 1 is 1.25 bits per heavy atom. The summed E-state index contributed by atoms with van der Waals surface area (Å²) in [5.41, 5.74) is 0.395. The van der Waals surface area contributed by atoms with E-state index in [9.17, 15) is 4.21 Å². The van der Waals surface area contributed by atoms with Gasteiger partial charge >= 0.3 is 7.12 Å². The maximum Gasteiger partial charge on any atom is 0.516 e. The van der Waals surface area contributed by atoms with Crippen molar-refractivity contribution < 1.29 is 13.5 Å². The van der Waals surface area contributed by atoms with E-state index in [-0.39, 0.29) is 0 Å². The molecule has 7 heteroatoms. The molecule has 1 aliphatic heterocycles. The second-order valence-electron chi connectivity index (χ2n) is 5.98. The Labute approximate surface area is 127 Å². The van der Waals surface area contributed by atoms with E-state index >= 15 is 0 Å². The first-order valence-electron chi connectivity index (χ1n) is 6.43. The zero-order chi connectivity index (χ0) is 15.1. The summed E-state index contributed by atoms with van der Waals surface area (Å²) in [7, 11) is -1.55. The maximum atomic E-state index is 11.3. The lowest BCUT2D eigenvalue weighted by Gasteiger charge is -2.32. The lowest BCUT2D eigenvalue weighted by atomic mass is 9.84. The van der Waals surface area contributed by atoms with Crippen LogP contribution in [0.3, 0.4) is 0 Å². The summed E-state index contributed by atoms with van der Waals surface area (Å²) in [6.07, 6.45) is 1.64. The Morgan fingerprint density at radius 3 is 2.30 bits per heavy atom. The molecule has 1 fully saturated rings. The van der Waals surface area contributed by atoms with E-state index in [1.165, 1.54) is 0 Å². The average Bonchev–Trinajstić information content (AvgIpc) is 2.50. The minimum atomic E-state index is -0.951. The number of aromatic nitrogens is 1. The van der Waals surface area contributed by atoms with Gasteiger partial charge in [0.05, 0.1) is 33.3 Å². The molecule has 2 rings (SSSR count). The van der Waals surface area contributed by atoms with Gasteiger partial charge < -0.3 is 9.31 Å². The standard InChI is InChI=1S/C13H19BClNO3S/c1-12(2)13(3,4)19-14(18-12)11-10(15)7-6-9(16-11)8-20(5)17/h6-7H,8H2,1-5H3. The number of hydrogen-bond donors (Lipinski definition) is 0. The van der Waals surface area contributed by atoms with Crippen LogP contribution in [0, 0.1) is 0 Å². The van der Waals surface area contributed by atoms with Crippen molar-refractivity contribution in [3.05, 3.63) is 22.8 Å². The summed E-state index contributed by atoms with van der Waals surface area (Å²) in [6, 6.07) is 3.52. The van der Waals surface area contributed by atoms with Crippen LogP contribution in [0.2, 0.25) is 5.02 Å². The van der Waals surface area contributed by atoms with Gasteiger partial charge in [-0.3, -0.25) is 9.19 Å². The summed E-state index contributed by atoms with van der Waals surface area (Å²) in [6.45, 7) is 7.91. The number of halogens is 1. The quantitative estimate of drug-likeness (QED) is 0.800. The van der Waals surface area contributed by atoms with Crippen LogP contribution >= 0.6 is 11.6 Å². The van der Waals surface area contributed by atoms with Crippen LogP contribution in [0.15, 0.2) is 12.1 Å². The van der Waals surface area contributed by atoms with Gasteiger partial charge in [-0.2, -0.15) is 0 Å². The van der Waals surface area contributed by atoms with Crippen molar-refractivity contribution in [3.63, 3.8) is 0 Å². The molecule has 1 saturated heterocycles. The van der Waals surface area contributed by atoms with Gasteiger partial charge in [-0.15, -0.1) is 0 Å². The number of nitrogens with zero attached hydrogens (tertiary/aromatic N) is 1. The predicted octanol–water partition coefficient (Wildman–Crippen LogP) is 1.91. The van der Waals surface area contributed by atoms with Crippen molar-refractivity contribution in [2.45, 2.75) is 44.6 Å². The lowest BCUT2D eigenvalue weighted by molar-refractivity contribution is 0.00578. The molecule has 0 amide bonds. The molecule has 20 heavy (non-hydrogen) atoms. The van der Waals surface area contributed by atoms with E-state index in [0.29, 0.717) is 16.4 Å². The van der Waals surface area contributed by atoms with Crippen molar-refractivity contribution >= 4 is 35.1 Å². The molecule has 0 bridgehead atoms. The van der Waals surface area contributed by atoms with Crippen LogP contribution in [0.4, 0.5) is 0 Å². The molecule has 4 nitrogen and oxygen atoms in total. The van der Waals surface area contributed by atoms with Crippen LogP contribution in [-0.2, 0) is 25.9 Å². The molecule has 0 aliphatic carbocycles. The molecule has 2 heterocycles. The van der Waals surface area contributed by atoms with Crippen molar-refractivity contribution in [3.8, 4) is 0 Å². The van der Waals surface area contributed by atoms with Gasteiger partial charge in [-0.25, -0.2) is 0 Å². The lowest BCUT2D eigenvalue weighted by Crippen LogP contribution is -2.41. The fourth-order valence-electron chi connectivity index (χ4n) is 1.91.